The van der Waals surface area contributed by atoms with Gasteiger partial charge in [0.05, 0.1) is 5.56 Å². The van der Waals surface area contributed by atoms with E-state index in [0.29, 0.717) is 17.9 Å². The first-order valence-electron chi connectivity index (χ1n) is 8.69. The molecule has 1 aliphatic rings. The zero-order valence-electron chi connectivity index (χ0n) is 15.4. The molecule has 0 saturated carbocycles. The summed E-state index contributed by atoms with van der Waals surface area (Å²) >= 11 is 0. The molecule has 1 saturated heterocycles. The first-order chi connectivity index (χ1) is 12.0. The summed E-state index contributed by atoms with van der Waals surface area (Å²) in [5.74, 6) is 2.35. The zero-order valence-corrected chi connectivity index (χ0v) is 15.4. The topological polar surface area (TPSA) is 61.6 Å². The highest BCUT2D eigenvalue weighted by molar-refractivity contribution is 5.96. The van der Waals surface area contributed by atoms with Crippen molar-refractivity contribution >= 4 is 11.7 Å². The van der Waals surface area contributed by atoms with Gasteiger partial charge in [-0.1, -0.05) is 6.07 Å². The number of nitrogens with zero attached hydrogens (tertiary/aromatic N) is 3. The summed E-state index contributed by atoms with van der Waals surface area (Å²) in [6.07, 6.45) is 1.84. The lowest BCUT2D eigenvalue weighted by Gasteiger charge is -2.33. The average Bonchev–Trinajstić information content (AvgIpc) is 2.86. The quantitative estimate of drug-likeness (QED) is 0.924. The van der Waals surface area contributed by atoms with Crippen LogP contribution in [0.1, 0.15) is 33.0 Å². The Morgan fingerprint density at radius 2 is 1.88 bits per heavy atom. The SMILES string of the molecule is Cc1oc(C)c(C(=O)NCc2ccc(N3CCN(C)CC3)nc2)c1C. The Balaban J connectivity index is 1.59. The maximum Gasteiger partial charge on any atom is 0.255 e. The molecule has 6 nitrogen and oxygen atoms in total. The molecule has 0 bridgehead atoms. The number of amides is 1. The second-order valence-corrected chi connectivity index (χ2v) is 6.71. The van der Waals surface area contributed by atoms with Crippen LogP contribution in [0.5, 0.6) is 0 Å². The number of likely N-dealkylation sites (N-methyl/N-ethyl adjacent to an activating group) is 1. The molecule has 2 aromatic heterocycles. The molecular weight excluding hydrogens is 316 g/mol. The molecule has 0 spiro atoms. The first-order valence-corrected chi connectivity index (χ1v) is 8.69. The van der Waals surface area contributed by atoms with Crippen molar-refractivity contribution in [3.05, 3.63) is 46.5 Å². The van der Waals surface area contributed by atoms with Crippen molar-refractivity contribution < 1.29 is 9.21 Å². The van der Waals surface area contributed by atoms with E-state index in [9.17, 15) is 4.79 Å². The van der Waals surface area contributed by atoms with Crippen molar-refractivity contribution in [1.82, 2.24) is 15.2 Å². The molecule has 1 aliphatic heterocycles. The number of aromatic nitrogens is 1. The molecule has 0 atom stereocenters. The lowest BCUT2D eigenvalue weighted by Crippen LogP contribution is -2.44. The van der Waals surface area contributed by atoms with Crippen LogP contribution in [-0.4, -0.2) is 49.0 Å². The first kappa shape index (κ1) is 17.5. The van der Waals surface area contributed by atoms with Crippen LogP contribution in [0.4, 0.5) is 5.82 Å². The number of carbonyl (C=O) groups excluding carboxylic acids is 1. The van der Waals surface area contributed by atoms with Gasteiger partial charge in [0.15, 0.2) is 0 Å². The fourth-order valence-corrected chi connectivity index (χ4v) is 3.14. The van der Waals surface area contributed by atoms with Gasteiger partial charge in [0, 0.05) is 44.5 Å². The third-order valence-electron chi connectivity index (χ3n) is 4.88. The number of pyridine rings is 1. The summed E-state index contributed by atoms with van der Waals surface area (Å²) in [5.41, 5.74) is 2.53. The van der Waals surface area contributed by atoms with Crippen molar-refractivity contribution in [2.45, 2.75) is 27.3 Å². The smallest absolute Gasteiger partial charge is 0.255 e. The van der Waals surface area contributed by atoms with E-state index in [-0.39, 0.29) is 5.91 Å². The maximum atomic E-state index is 12.4. The van der Waals surface area contributed by atoms with Gasteiger partial charge in [-0.05, 0) is 39.4 Å². The zero-order chi connectivity index (χ0) is 18.0. The second kappa shape index (κ2) is 7.27. The predicted octanol–water partition coefficient (Wildman–Crippen LogP) is 2.28. The van der Waals surface area contributed by atoms with Gasteiger partial charge in [-0.2, -0.15) is 0 Å². The molecule has 0 aromatic carbocycles. The van der Waals surface area contributed by atoms with Gasteiger partial charge in [0.25, 0.3) is 5.91 Å². The van der Waals surface area contributed by atoms with Gasteiger partial charge in [0.2, 0.25) is 0 Å². The third-order valence-corrected chi connectivity index (χ3v) is 4.88. The molecule has 6 heteroatoms. The molecule has 1 fully saturated rings. The van der Waals surface area contributed by atoms with E-state index in [1.54, 1.807) is 0 Å². The number of aryl methyl sites for hydroxylation is 2. The summed E-state index contributed by atoms with van der Waals surface area (Å²) in [5, 5.41) is 2.96. The van der Waals surface area contributed by atoms with Gasteiger partial charge in [-0.15, -0.1) is 0 Å². The number of carbonyl (C=O) groups is 1. The number of furan rings is 1. The average molecular weight is 342 g/mol. The van der Waals surface area contributed by atoms with E-state index in [2.05, 4.69) is 27.1 Å². The number of rotatable bonds is 4. The molecule has 2 aromatic rings. The van der Waals surface area contributed by atoms with Crippen molar-refractivity contribution in [2.24, 2.45) is 0 Å². The van der Waals surface area contributed by atoms with E-state index in [1.165, 1.54) is 0 Å². The highest BCUT2D eigenvalue weighted by Gasteiger charge is 2.18. The minimum absolute atomic E-state index is 0.102. The Hall–Kier alpha value is -2.34. The number of anilines is 1. The predicted molar refractivity (Wildman–Crippen MR) is 98.0 cm³/mol. The maximum absolute atomic E-state index is 12.4. The molecule has 3 heterocycles. The highest BCUT2D eigenvalue weighted by atomic mass is 16.3. The molecule has 134 valence electrons. The molecule has 0 radical (unpaired) electrons. The largest absolute Gasteiger partial charge is 0.466 e. The minimum atomic E-state index is -0.102. The molecule has 25 heavy (non-hydrogen) atoms. The van der Waals surface area contributed by atoms with Crippen LogP contribution in [0.3, 0.4) is 0 Å². The van der Waals surface area contributed by atoms with E-state index >= 15 is 0 Å². The van der Waals surface area contributed by atoms with Crippen LogP contribution < -0.4 is 10.2 Å². The van der Waals surface area contributed by atoms with E-state index in [0.717, 1.165) is 48.9 Å². The summed E-state index contributed by atoms with van der Waals surface area (Å²) in [7, 11) is 2.14. The van der Waals surface area contributed by atoms with Crippen LogP contribution in [0.15, 0.2) is 22.7 Å². The van der Waals surface area contributed by atoms with Crippen LogP contribution in [0.25, 0.3) is 0 Å². The fourth-order valence-electron chi connectivity index (χ4n) is 3.14. The van der Waals surface area contributed by atoms with Gasteiger partial charge in [-0.25, -0.2) is 4.98 Å². The van der Waals surface area contributed by atoms with Crippen molar-refractivity contribution in [3.8, 4) is 0 Å². The number of hydrogen-bond acceptors (Lipinski definition) is 5. The standard InChI is InChI=1S/C19H26N4O2/c1-13-14(2)25-15(3)18(13)19(24)21-12-16-5-6-17(20-11-16)23-9-7-22(4)8-10-23/h5-6,11H,7-10,12H2,1-4H3,(H,21,24). The lowest BCUT2D eigenvalue weighted by atomic mass is 10.1. The molecule has 0 unspecified atom stereocenters. The Bertz CT molecular complexity index is 744. The Labute approximate surface area is 148 Å². The summed E-state index contributed by atoms with van der Waals surface area (Å²) < 4.78 is 5.53. The van der Waals surface area contributed by atoms with Gasteiger partial charge in [-0.3, -0.25) is 4.79 Å². The molecule has 3 rings (SSSR count). The molecular formula is C19H26N4O2. The number of piperazine rings is 1. The van der Waals surface area contributed by atoms with Crippen LogP contribution in [-0.2, 0) is 6.54 Å². The second-order valence-electron chi connectivity index (χ2n) is 6.71. The van der Waals surface area contributed by atoms with Crippen molar-refractivity contribution in [3.63, 3.8) is 0 Å². The highest BCUT2D eigenvalue weighted by Crippen LogP contribution is 2.20. The number of hydrogen-bond donors (Lipinski definition) is 1. The van der Waals surface area contributed by atoms with E-state index in [1.807, 2.05) is 39.1 Å². The van der Waals surface area contributed by atoms with Crippen LogP contribution >= 0.6 is 0 Å². The van der Waals surface area contributed by atoms with Gasteiger partial charge >= 0.3 is 0 Å². The summed E-state index contributed by atoms with van der Waals surface area (Å²) in [6, 6.07) is 4.06. The molecule has 1 amide bonds. The monoisotopic (exact) mass is 342 g/mol. The normalized spacial score (nSPS) is 15.4. The van der Waals surface area contributed by atoms with E-state index in [4.69, 9.17) is 4.42 Å². The Kier molecular flexibility index (Phi) is 5.08. The summed E-state index contributed by atoms with van der Waals surface area (Å²) in [6.45, 7) is 10.2. The lowest BCUT2D eigenvalue weighted by molar-refractivity contribution is 0.0949. The Morgan fingerprint density at radius 1 is 1.16 bits per heavy atom. The summed E-state index contributed by atoms with van der Waals surface area (Å²) in [4.78, 5) is 21.6. The van der Waals surface area contributed by atoms with Crippen molar-refractivity contribution in [2.75, 3.05) is 38.1 Å². The van der Waals surface area contributed by atoms with Crippen molar-refractivity contribution in [1.29, 1.82) is 0 Å². The van der Waals surface area contributed by atoms with E-state index < -0.39 is 0 Å². The van der Waals surface area contributed by atoms with Crippen LogP contribution in [0.2, 0.25) is 0 Å². The number of nitrogens with one attached hydrogen (secondary N) is 1. The van der Waals surface area contributed by atoms with Gasteiger partial charge in [0.1, 0.15) is 17.3 Å². The molecule has 1 N–H and O–H groups in total. The van der Waals surface area contributed by atoms with Crippen LogP contribution in [0, 0.1) is 20.8 Å². The Morgan fingerprint density at radius 3 is 2.44 bits per heavy atom. The third kappa shape index (κ3) is 3.85. The minimum Gasteiger partial charge on any atom is -0.466 e. The fraction of sp³-hybridized carbons (Fsp3) is 0.474. The molecule has 0 aliphatic carbocycles. The van der Waals surface area contributed by atoms with Gasteiger partial charge < -0.3 is 19.5 Å².